The van der Waals surface area contributed by atoms with Gasteiger partial charge in [0.15, 0.2) is 9.84 Å². The lowest BCUT2D eigenvalue weighted by Crippen LogP contribution is -2.17. The van der Waals surface area contributed by atoms with Crippen LogP contribution in [0.5, 0.6) is 0 Å². The Morgan fingerprint density at radius 1 is 1.47 bits per heavy atom. The first-order valence-electron chi connectivity index (χ1n) is 5.81. The van der Waals surface area contributed by atoms with Gasteiger partial charge >= 0.3 is 0 Å². The number of hydrogen-bond acceptors (Lipinski definition) is 3. The van der Waals surface area contributed by atoms with Crippen LogP contribution < -0.4 is 5.32 Å². The van der Waals surface area contributed by atoms with E-state index < -0.39 is 9.84 Å². The Bertz CT molecular complexity index is 603. The van der Waals surface area contributed by atoms with Gasteiger partial charge in [-0.3, -0.25) is 4.79 Å². The molecule has 1 aromatic carbocycles. The Kier molecular flexibility index (Phi) is 4.73. The first kappa shape index (κ1) is 15.1. The van der Waals surface area contributed by atoms with Crippen LogP contribution in [0.2, 0.25) is 5.02 Å². The predicted octanol–water partition coefficient (Wildman–Crippen LogP) is 2.71. The zero-order valence-corrected chi connectivity index (χ0v) is 13.8. The number of anilines is 1. The van der Waals surface area contributed by atoms with Crippen molar-refractivity contribution in [3.05, 3.63) is 26.8 Å². The molecular weight excluding hydrogens is 401 g/mol. The standard InChI is InChI=1S/C12H13ClINO3S/c13-9-1-2-11(10(14)6-9)15-12(16)5-8-3-4-19(17,18)7-8/h1-2,6,8H,3-5,7H2,(H,15,16). The molecule has 1 aliphatic heterocycles. The number of carbonyl (C=O) groups is 1. The summed E-state index contributed by atoms with van der Waals surface area (Å²) in [7, 11) is -2.93. The van der Waals surface area contributed by atoms with Gasteiger partial charge in [0, 0.05) is 15.0 Å². The van der Waals surface area contributed by atoms with Crippen LogP contribution in [-0.2, 0) is 14.6 Å². The second-order valence-electron chi connectivity index (χ2n) is 4.65. The van der Waals surface area contributed by atoms with E-state index in [2.05, 4.69) is 27.9 Å². The third-order valence-electron chi connectivity index (χ3n) is 3.01. The number of hydrogen-bond donors (Lipinski definition) is 1. The minimum Gasteiger partial charge on any atom is -0.325 e. The monoisotopic (exact) mass is 413 g/mol. The number of halogens is 2. The van der Waals surface area contributed by atoms with Crippen LogP contribution in [0.25, 0.3) is 0 Å². The van der Waals surface area contributed by atoms with Crippen LogP contribution >= 0.6 is 34.2 Å². The highest BCUT2D eigenvalue weighted by atomic mass is 127. The summed E-state index contributed by atoms with van der Waals surface area (Å²) in [6.45, 7) is 0. The summed E-state index contributed by atoms with van der Waals surface area (Å²) in [4.78, 5) is 11.9. The van der Waals surface area contributed by atoms with Gasteiger partial charge in [-0.2, -0.15) is 0 Å². The normalized spacial score (nSPS) is 21.3. The third kappa shape index (κ3) is 4.32. The summed E-state index contributed by atoms with van der Waals surface area (Å²) in [5.41, 5.74) is 0.704. The summed E-state index contributed by atoms with van der Waals surface area (Å²) in [5.74, 6) is 0.110. The Labute approximate surface area is 131 Å². The second kappa shape index (κ2) is 5.97. The Hall–Kier alpha value is -0.340. The minimum atomic E-state index is -2.93. The van der Waals surface area contributed by atoms with Gasteiger partial charge in [-0.15, -0.1) is 0 Å². The molecule has 1 amide bonds. The van der Waals surface area contributed by atoms with E-state index in [1.54, 1.807) is 18.2 Å². The first-order valence-corrected chi connectivity index (χ1v) is 9.09. The van der Waals surface area contributed by atoms with Crippen molar-refractivity contribution in [3.63, 3.8) is 0 Å². The van der Waals surface area contributed by atoms with Gasteiger partial charge in [0.1, 0.15) is 0 Å². The maximum absolute atomic E-state index is 11.9. The SMILES string of the molecule is O=C(CC1CCS(=O)(=O)C1)Nc1ccc(Cl)cc1I. The number of nitrogens with one attached hydrogen (secondary N) is 1. The summed E-state index contributed by atoms with van der Waals surface area (Å²) >= 11 is 7.93. The lowest BCUT2D eigenvalue weighted by molar-refractivity contribution is -0.116. The molecule has 1 unspecified atom stereocenters. The molecule has 1 aromatic rings. The molecule has 1 saturated heterocycles. The number of carbonyl (C=O) groups excluding carboxylic acids is 1. The summed E-state index contributed by atoms with van der Waals surface area (Å²) in [6, 6.07) is 5.21. The molecule has 4 nitrogen and oxygen atoms in total. The zero-order chi connectivity index (χ0) is 14.0. The van der Waals surface area contributed by atoms with Gasteiger partial charge in [-0.05, 0) is 53.1 Å². The van der Waals surface area contributed by atoms with Crippen molar-refractivity contribution in [1.82, 2.24) is 0 Å². The molecule has 0 bridgehead atoms. The van der Waals surface area contributed by atoms with Crippen LogP contribution in [0.15, 0.2) is 18.2 Å². The molecule has 1 fully saturated rings. The summed E-state index contributed by atoms with van der Waals surface area (Å²) in [6.07, 6.45) is 0.825. The Balaban J connectivity index is 1.95. The van der Waals surface area contributed by atoms with E-state index in [4.69, 9.17) is 11.6 Å². The highest BCUT2D eigenvalue weighted by molar-refractivity contribution is 14.1. The van der Waals surface area contributed by atoms with Crippen molar-refractivity contribution >= 4 is 55.6 Å². The fourth-order valence-corrected chi connectivity index (χ4v) is 4.96. The van der Waals surface area contributed by atoms with Crippen LogP contribution in [0, 0.1) is 9.49 Å². The molecule has 0 spiro atoms. The van der Waals surface area contributed by atoms with Gasteiger partial charge in [-0.25, -0.2) is 8.42 Å². The molecule has 0 aromatic heterocycles. The molecule has 0 radical (unpaired) electrons. The quantitative estimate of drug-likeness (QED) is 0.775. The van der Waals surface area contributed by atoms with Crippen molar-refractivity contribution in [2.24, 2.45) is 5.92 Å². The fraction of sp³-hybridized carbons (Fsp3) is 0.417. The Morgan fingerprint density at radius 2 is 2.21 bits per heavy atom. The molecule has 1 heterocycles. The van der Waals surface area contributed by atoms with Crippen molar-refractivity contribution in [2.45, 2.75) is 12.8 Å². The van der Waals surface area contributed by atoms with Gasteiger partial charge in [0.2, 0.25) is 5.91 Å². The van der Waals surface area contributed by atoms with E-state index in [9.17, 15) is 13.2 Å². The number of benzene rings is 1. The maximum atomic E-state index is 11.9. The molecule has 1 aliphatic rings. The molecule has 2 rings (SSSR count). The zero-order valence-electron chi connectivity index (χ0n) is 10.0. The second-order valence-corrected chi connectivity index (χ2v) is 8.47. The maximum Gasteiger partial charge on any atom is 0.224 e. The average Bonchev–Trinajstić information content (AvgIpc) is 2.62. The minimum absolute atomic E-state index is 0.0602. The molecule has 1 atom stereocenters. The smallest absolute Gasteiger partial charge is 0.224 e. The Morgan fingerprint density at radius 3 is 2.79 bits per heavy atom. The number of sulfone groups is 1. The molecule has 7 heteroatoms. The van der Waals surface area contributed by atoms with Gasteiger partial charge in [0.25, 0.3) is 0 Å². The van der Waals surface area contributed by atoms with E-state index in [0.717, 1.165) is 3.57 Å². The predicted molar refractivity (Wildman–Crippen MR) is 84.2 cm³/mol. The molecule has 0 aliphatic carbocycles. The lowest BCUT2D eigenvalue weighted by Gasteiger charge is -2.10. The van der Waals surface area contributed by atoms with Gasteiger partial charge < -0.3 is 5.32 Å². The molecule has 1 N–H and O–H groups in total. The molecule has 19 heavy (non-hydrogen) atoms. The number of rotatable bonds is 3. The van der Waals surface area contributed by atoms with E-state index >= 15 is 0 Å². The van der Waals surface area contributed by atoms with Gasteiger partial charge in [-0.1, -0.05) is 11.6 Å². The van der Waals surface area contributed by atoms with E-state index in [1.165, 1.54) is 0 Å². The summed E-state index contributed by atoms with van der Waals surface area (Å²) < 4.78 is 23.5. The van der Waals surface area contributed by atoms with Crippen LogP contribution in [0.4, 0.5) is 5.69 Å². The van der Waals surface area contributed by atoms with Crippen LogP contribution in [0.1, 0.15) is 12.8 Å². The van der Waals surface area contributed by atoms with E-state index in [0.29, 0.717) is 17.1 Å². The van der Waals surface area contributed by atoms with Crippen molar-refractivity contribution in [3.8, 4) is 0 Å². The van der Waals surface area contributed by atoms with E-state index in [1.807, 2.05) is 0 Å². The summed E-state index contributed by atoms with van der Waals surface area (Å²) in [5, 5.41) is 3.41. The van der Waals surface area contributed by atoms with Crippen molar-refractivity contribution in [2.75, 3.05) is 16.8 Å². The molecule has 0 saturated carbocycles. The van der Waals surface area contributed by atoms with Crippen molar-refractivity contribution in [1.29, 1.82) is 0 Å². The van der Waals surface area contributed by atoms with E-state index in [-0.39, 0.29) is 29.8 Å². The topological polar surface area (TPSA) is 63.2 Å². The fourth-order valence-electron chi connectivity index (χ4n) is 2.09. The van der Waals surface area contributed by atoms with Crippen LogP contribution in [-0.4, -0.2) is 25.8 Å². The molecule has 104 valence electrons. The highest BCUT2D eigenvalue weighted by Gasteiger charge is 2.29. The lowest BCUT2D eigenvalue weighted by atomic mass is 10.1. The average molecular weight is 414 g/mol. The number of amides is 1. The van der Waals surface area contributed by atoms with Crippen molar-refractivity contribution < 1.29 is 13.2 Å². The molecular formula is C12H13ClINO3S. The first-order chi connectivity index (χ1) is 8.85. The van der Waals surface area contributed by atoms with Crippen LogP contribution in [0.3, 0.4) is 0 Å². The highest BCUT2D eigenvalue weighted by Crippen LogP contribution is 2.25. The third-order valence-corrected chi connectivity index (χ3v) is 5.97. The largest absolute Gasteiger partial charge is 0.325 e. The van der Waals surface area contributed by atoms with Gasteiger partial charge in [0.05, 0.1) is 17.2 Å².